The Morgan fingerprint density at radius 3 is 1.80 bits per heavy atom. The minimum Gasteiger partial charge on any atom is -0.507 e. The first kappa shape index (κ1) is 46.1. The van der Waals surface area contributed by atoms with Gasteiger partial charge in [0.05, 0.1) is 22.3 Å². The average molecular weight is 1100 g/mol. The average Bonchev–Trinajstić information content (AvgIpc) is 3.72. The normalized spacial score (nSPS) is 13.1. The molecule has 0 radical (unpaired) electrons. The van der Waals surface area contributed by atoms with E-state index in [9.17, 15) is 7.85 Å². The molecule has 0 fully saturated rings. The van der Waals surface area contributed by atoms with E-state index >= 15 is 0 Å². The first-order chi connectivity index (χ1) is 33.8. The zero-order chi connectivity index (χ0) is 51.7. The summed E-state index contributed by atoms with van der Waals surface area (Å²) in [7, 11) is 0. The fraction of sp³-hybridized carbons (Fsp3) is 0.262. The summed E-state index contributed by atoms with van der Waals surface area (Å²) in [6, 6.07) is 56.2. The molecule has 0 atom stereocenters. The first-order valence-electron chi connectivity index (χ1n) is 25.6. The Hall–Kier alpha value is -6.35. The number of phenolic OH excluding ortho intramolecular Hbond substituents is 1. The van der Waals surface area contributed by atoms with E-state index in [2.05, 4.69) is 155 Å². The zero-order valence-electron chi connectivity index (χ0n) is 45.6. The van der Waals surface area contributed by atoms with Gasteiger partial charge in [0.15, 0.2) is 0 Å². The van der Waals surface area contributed by atoms with Gasteiger partial charge >= 0.3 is 0 Å². The van der Waals surface area contributed by atoms with E-state index in [1.807, 2.05) is 76.4 Å². The number of hydrogen-bond acceptors (Lipinski definition) is 3. The molecule has 0 saturated carbocycles. The van der Waals surface area contributed by atoms with E-state index in [-0.39, 0.29) is 37.6 Å². The van der Waals surface area contributed by atoms with Crippen LogP contribution >= 0.6 is 0 Å². The van der Waals surface area contributed by atoms with E-state index in [0.29, 0.717) is 28.0 Å². The molecule has 5 heteroatoms. The number of phenols is 1. The quantitative estimate of drug-likeness (QED) is 0.139. The van der Waals surface area contributed by atoms with Crippen molar-refractivity contribution >= 4 is 11.0 Å². The Labute approximate surface area is 435 Å². The molecule has 2 heterocycles. The predicted octanol–water partition coefficient (Wildman–Crippen LogP) is 17.9. The van der Waals surface area contributed by atoms with Crippen LogP contribution in [0.5, 0.6) is 5.75 Å². The van der Waals surface area contributed by atoms with Crippen molar-refractivity contribution in [3.05, 3.63) is 192 Å². The van der Waals surface area contributed by atoms with Gasteiger partial charge in [-0.25, -0.2) is 4.98 Å². The number of para-hydroxylation sites is 1. The number of nitrogens with zero attached hydrogens (tertiary/aromatic N) is 3. The smallest absolute Gasteiger partial charge is 0.148 e. The van der Waals surface area contributed by atoms with Crippen LogP contribution in [0.25, 0.3) is 83.9 Å². The van der Waals surface area contributed by atoms with Gasteiger partial charge in [0.2, 0.25) is 0 Å². The van der Waals surface area contributed by atoms with Gasteiger partial charge in [-0.1, -0.05) is 209 Å². The van der Waals surface area contributed by atoms with Crippen LogP contribution < -0.4 is 0 Å². The Balaban J connectivity index is 0.00000711. The van der Waals surface area contributed by atoms with E-state index in [1.54, 1.807) is 19.9 Å². The molecule has 9 aromatic rings. The summed E-state index contributed by atoms with van der Waals surface area (Å²) >= 11 is 0. The molecule has 0 amide bonds. The SMILES string of the molecule is [2H]C(C)(C)c1ccc(-c2ccnc(-c3[c-]c(-c4cccc5c4nc(-c4cc(C([2H])(C)C)cc(C([2H])(C)C)c4O)n5-c4ccc(C(C)(C)C)cc4-c4ccc(C(C)(C)C)cc4)cc(-c4ccccc4)c3)c2)cc1.[Pt]. The third-order valence-electron chi connectivity index (χ3n) is 13.4. The van der Waals surface area contributed by atoms with Gasteiger partial charge in [0, 0.05) is 42.6 Å². The van der Waals surface area contributed by atoms with Crippen molar-refractivity contribution in [3.8, 4) is 78.6 Å². The van der Waals surface area contributed by atoms with E-state index in [1.165, 1.54) is 11.1 Å². The Morgan fingerprint density at radius 2 is 1.16 bits per heavy atom. The molecule has 0 aliphatic rings. The second kappa shape index (κ2) is 19.8. The van der Waals surface area contributed by atoms with Gasteiger partial charge in [-0.05, 0) is 109 Å². The number of benzene rings is 7. The van der Waals surface area contributed by atoms with Gasteiger partial charge in [-0.2, -0.15) is 0 Å². The Bertz CT molecular complexity index is 3470. The maximum atomic E-state index is 12.5. The van der Waals surface area contributed by atoms with Crippen LogP contribution in [-0.2, 0) is 31.9 Å². The summed E-state index contributed by atoms with van der Waals surface area (Å²) in [5, 5.41) is 12.5. The minimum absolute atomic E-state index is 0. The second-order valence-electron chi connectivity index (χ2n) is 21.2. The van der Waals surface area contributed by atoms with Crippen molar-refractivity contribution in [2.45, 2.75) is 112 Å². The molecule has 0 aliphatic heterocycles. The fourth-order valence-electron chi connectivity index (χ4n) is 9.20. The van der Waals surface area contributed by atoms with Crippen molar-refractivity contribution in [3.63, 3.8) is 0 Å². The van der Waals surface area contributed by atoms with Crippen LogP contribution in [0, 0.1) is 6.07 Å². The molecule has 9 rings (SSSR count). The number of pyridine rings is 1. The topological polar surface area (TPSA) is 50.9 Å². The van der Waals surface area contributed by atoms with Gasteiger partial charge in [0.1, 0.15) is 11.6 Å². The molecule has 358 valence electrons. The standard InChI is InChI=1S/C65H66N3O.Pt/c1-40(2)43-21-23-45(24-22-43)47-31-32-66-58(38-47)51-34-49(44-17-14-13-15-18-44)33-50(35-51)54-19-16-20-60-61(54)67-63(57-37-48(41(3)4)36-55(42(5)6)62(57)69)68(60)59-30-29-53(65(10,11)12)39-56(59)46-25-27-52(28-26-46)64(7,8)9;/h13-34,36-42,69H,1-12H3;/q-1;/i40D,41D,42D;. The molecule has 1 N–H and O–H groups in total. The van der Waals surface area contributed by atoms with Crippen molar-refractivity contribution in [2.75, 3.05) is 0 Å². The Morgan fingerprint density at radius 1 is 0.529 bits per heavy atom. The van der Waals surface area contributed by atoms with Crippen LogP contribution in [0.4, 0.5) is 0 Å². The first-order valence-corrected chi connectivity index (χ1v) is 24.1. The maximum absolute atomic E-state index is 12.5. The summed E-state index contributed by atoms with van der Waals surface area (Å²) in [6.45, 7) is 24.4. The van der Waals surface area contributed by atoms with Gasteiger partial charge in [-0.15, -0.1) is 23.8 Å². The number of aromatic hydroxyl groups is 1. The second-order valence-corrected chi connectivity index (χ2v) is 21.2. The minimum atomic E-state index is -1.19. The molecule has 0 spiro atoms. The van der Waals surface area contributed by atoms with Crippen LogP contribution in [0.2, 0.25) is 0 Å². The molecular formula is C65H66N3OPt-. The number of fused-ring (bicyclic) bond motifs is 1. The van der Waals surface area contributed by atoms with Crippen LogP contribution in [0.1, 0.15) is 133 Å². The number of imidazole rings is 1. The third kappa shape index (κ3) is 9.99. The van der Waals surface area contributed by atoms with E-state index < -0.39 is 17.7 Å². The third-order valence-corrected chi connectivity index (χ3v) is 13.4. The van der Waals surface area contributed by atoms with Crippen molar-refractivity contribution in [1.29, 1.82) is 0 Å². The molecule has 0 aliphatic carbocycles. The molecule has 0 saturated heterocycles. The number of rotatable bonds is 10. The summed E-state index contributed by atoms with van der Waals surface area (Å²) in [6.07, 6.45) is 1.84. The van der Waals surface area contributed by atoms with Crippen LogP contribution in [-0.4, -0.2) is 19.6 Å². The molecular weight excluding hydrogens is 1030 g/mol. The summed E-state index contributed by atoms with van der Waals surface area (Å²) in [5.41, 5.74) is 16.5. The fourth-order valence-corrected chi connectivity index (χ4v) is 9.20. The number of hydrogen-bond donors (Lipinski definition) is 1. The summed E-state index contributed by atoms with van der Waals surface area (Å²) < 4.78 is 29.2. The molecule has 4 nitrogen and oxygen atoms in total. The van der Waals surface area contributed by atoms with E-state index in [4.69, 9.17) is 11.3 Å². The summed E-state index contributed by atoms with van der Waals surface area (Å²) in [4.78, 5) is 10.5. The van der Waals surface area contributed by atoms with Crippen LogP contribution in [0.3, 0.4) is 0 Å². The monoisotopic (exact) mass is 1100 g/mol. The van der Waals surface area contributed by atoms with Gasteiger partial charge in [0.25, 0.3) is 0 Å². The molecule has 0 unspecified atom stereocenters. The molecule has 0 bridgehead atoms. The van der Waals surface area contributed by atoms with E-state index in [0.717, 1.165) is 72.5 Å². The van der Waals surface area contributed by atoms with Crippen molar-refractivity contribution < 1.29 is 30.3 Å². The zero-order valence-corrected chi connectivity index (χ0v) is 44.9. The van der Waals surface area contributed by atoms with Crippen molar-refractivity contribution in [1.82, 2.24) is 14.5 Å². The van der Waals surface area contributed by atoms with Crippen molar-refractivity contribution in [2.24, 2.45) is 0 Å². The predicted molar refractivity (Wildman–Crippen MR) is 292 cm³/mol. The largest absolute Gasteiger partial charge is 0.507 e. The Kier molecular flexibility index (Phi) is 13.0. The molecule has 2 aromatic heterocycles. The van der Waals surface area contributed by atoms with Crippen LogP contribution in [0.15, 0.2) is 158 Å². The van der Waals surface area contributed by atoms with Gasteiger partial charge < -0.3 is 5.11 Å². The van der Waals surface area contributed by atoms with Gasteiger partial charge in [-0.3, -0.25) is 9.55 Å². The summed E-state index contributed by atoms with van der Waals surface area (Å²) in [5.74, 6) is -2.47. The molecule has 7 aromatic carbocycles. The molecule has 70 heavy (non-hydrogen) atoms. The number of aromatic nitrogens is 3. The maximum Gasteiger partial charge on any atom is 0.148 e.